The van der Waals surface area contributed by atoms with E-state index in [9.17, 15) is 0 Å². The van der Waals surface area contributed by atoms with Gasteiger partial charge in [-0.25, -0.2) is 4.98 Å². The largest absolute Gasteiger partial charge is 0.486 e. The third-order valence-electron chi connectivity index (χ3n) is 1.57. The Kier molecular flexibility index (Phi) is 2.23. The molecular formula is C9H8N2OS. The first-order valence-corrected chi connectivity index (χ1v) is 4.63. The fraction of sp³-hybridized carbons (Fsp3) is 0.111. The zero-order valence-electron chi connectivity index (χ0n) is 7.10. The molecule has 3 nitrogen and oxygen atoms in total. The van der Waals surface area contributed by atoms with Crippen molar-refractivity contribution < 1.29 is 4.74 Å². The minimum Gasteiger partial charge on any atom is -0.486 e. The van der Waals surface area contributed by atoms with Crippen LogP contribution in [0.5, 0.6) is 5.06 Å². The maximum absolute atomic E-state index is 5.04. The van der Waals surface area contributed by atoms with E-state index in [4.69, 9.17) is 4.74 Å². The average Bonchev–Trinajstić information content (AvgIpc) is 2.67. The summed E-state index contributed by atoms with van der Waals surface area (Å²) in [6, 6.07) is 5.75. The molecule has 0 aliphatic heterocycles. The first kappa shape index (κ1) is 8.19. The van der Waals surface area contributed by atoms with Crippen LogP contribution in [-0.2, 0) is 0 Å². The Balaban J connectivity index is 2.36. The Labute approximate surface area is 80.0 Å². The summed E-state index contributed by atoms with van der Waals surface area (Å²) < 4.78 is 5.04. The number of aromatic nitrogens is 2. The minimum atomic E-state index is 0.806. The van der Waals surface area contributed by atoms with Crippen molar-refractivity contribution in [3.05, 3.63) is 30.6 Å². The van der Waals surface area contributed by atoms with Crippen LogP contribution in [0.2, 0.25) is 0 Å². The summed E-state index contributed by atoms with van der Waals surface area (Å²) >= 11 is 1.49. The van der Waals surface area contributed by atoms with Crippen molar-refractivity contribution in [2.45, 2.75) is 0 Å². The Bertz CT molecular complexity index is 386. The fourth-order valence-corrected chi connectivity index (χ4v) is 1.67. The highest BCUT2D eigenvalue weighted by Gasteiger charge is 2.04. The summed E-state index contributed by atoms with van der Waals surface area (Å²) in [5.41, 5.74) is 0.885. The molecule has 0 aromatic carbocycles. The molecule has 2 heterocycles. The van der Waals surface area contributed by atoms with Gasteiger partial charge in [0, 0.05) is 6.20 Å². The highest BCUT2D eigenvalue weighted by Crippen LogP contribution is 2.27. The summed E-state index contributed by atoms with van der Waals surface area (Å²) in [7, 11) is 1.63. The molecule has 0 aliphatic rings. The molecule has 0 fully saturated rings. The second kappa shape index (κ2) is 3.53. The second-order valence-electron chi connectivity index (χ2n) is 2.40. The van der Waals surface area contributed by atoms with Gasteiger partial charge in [-0.2, -0.15) is 0 Å². The lowest BCUT2D eigenvalue weighted by Gasteiger charge is -1.91. The predicted octanol–water partition coefficient (Wildman–Crippen LogP) is 2.21. The Morgan fingerprint density at radius 1 is 1.31 bits per heavy atom. The second-order valence-corrected chi connectivity index (χ2v) is 3.40. The first-order valence-electron chi connectivity index (χ1n) is 3.81. The van der Waals surface area contributed by atoms with E-state index in [1.165, 1.54) is 11.3 Å². The molecule has 0 aliphatic carbocycles. The number of hydrogen-bond acceptors (Lipinski definition) is 4. The SMILES string of the molecule is COc1cnc(-c2ccccn2)s1. The van der Waals surface area contributed by atoms with E-state index in [1.807, 2.05) is 18.2 Å². The topological polar surface area (TPSA) is 35.0 Å². The maximum atomic E-state index is 5.04. The molecule has 13 heavy (non-hydrogen) atoms. The van der Waals surface area contributed by atoms with E-state index in [2.05, 4.69) is 9.97 Å². The molecule has 0 saturated heterocycles. The summed E-state index contributed by atoms with van der Waals surface area (Å²) in [5, 5.41) is 1.69. The van der Waals surface area contributed by atoms with Crippen molar-refractivity contribution >= 4 is 11.3 Å². The molecule has 0 radical (unpaired) electrons. The van der Waals surface area contributed by atoms with Gasteiger partial charge in [-0.3, -0.25) is 4.98 Å². The third kappa shape index (κ3) is 1.67. The molecule has 0 bridgehead atoms. The Hall–Kier alpha value is -1.42. The summed E-state index contributed by atoms with van der Waals surface area (Å²) in [5.74, 6) is 0. The van der Waals surface area contributed by atoms with E-state index in [0.717, 1.165) is 15.8 Å². The van der Waals surface area contributed by atoms with Gasteiger partial charge in [0.25, 0.3) is 0 Å². The van der Waals surface area contributed by atoms with Crippen LogP contribution in [0.3, 0.4) is 0 Å². The number of pyridine rings is 1. The Morgan fingerprint density at radius 3 is 2.85 bits per heavy atom. The van der Waals surface area contributed by atoms with E-state index < -0.39 is 0 Å². The van der Waals surface area contributed by atoms with Gasteiger partial charge in [-0.15, -0.1) is 0 Å². The number of methoxy groups -OCH3 is 1. The maximum Gasteiger partial charge on any atom is 0.194 e. The monoisotopic (exact) mass is 192 g/mol. The lowest BCUT2D eigenvalue weighted by molar-refractivity contribution is 0.426. The highest BCUT2D eigenvalue weighted by atomic mass is 32.1. The molecule has 0 atom stereocenters. The molecule has 0 spiro atoms. The van der Waals surface area contributed by atoms with Gasteiger partial charge in [0.05, 0.1) is 19.0 Å². The molecule has 0 amide bonds. The van der Waals surface area contributed by atoms with Gasteiger partial charge in [0.1, 0.15) is 5.01 Å². The standard InChI is InChI=1S/C9H8N2OS/c1-12-8-6-11-9(13-8)7-4-2-3-5-10-7/h2-6H,1H3. The molecule has 0 unspecified atom stereocenters. The van der Waals surface area contributed by atoms with Crippen LogP contribution in [0, 0.1) is 0 Å². The van der Waals surface area contributed by atoms with Crippen molar-refractivity contribution in [3.8, 4) is 15.8 Å². The van der Waals surface area contributed by atoms with Crippen LogP contribution in [0.15, 0.2) is 30.6 Å². The van der Waals surface area contributed by atoms with Gasteiger partial charge in [-0.1, -0.05) is 17.4 Å². The molecule has 2 rings (SSSR count). The van der Waals surface area contributed by atoms with E-state index >= 15 is 0 Å². The molecule has 0 N–H and O–H groups in total. The zero-order chi connectivity index (χ0) is 9.10. The first-order chi connectivity index (χ1) is 6.40. The van der Waals surface area contributed by atoms with E-state index in [0.29, 0.717) is 0 Å². The predicted molar refractivity (Wildman–Crippen MR) is 51.9 cm³/mol. The van der Waals surface area contributed by atoms with Crippen LogP contribution in [0.4, 0.5) is 0 Å². The molecular weight excluding hydrogens is 184 g/mol. The molecule has 2 aromatic heterocycles. The fourth-order valence-electron chi connectivity index (χ4n) is 0.961. The van der Waals surface area contributed by atoms with Crippen LogP contribution >= 0.6 is 11.3 Å². The van der Waals surface area contributed by atoms with E-state index in [-0.39, 0.29) is 0 Å². The number of thiazole rings is 1. The Morgan fingerprint density at radius 2 is 2.23 bits per heavy atom. The number of ether oxygens (including phenoxy) is 1. The zero-order valence-corrected chi connectivity index (χ0v) is 7.91. The van der Waals surface area contributed by atoms with Crippen LogP contribution in [-0.4, -0.2) is 17.1 Å². The average molecular weight is 192 g/mol. The van der Waals surface area contributed by atoms with Gasteiger partial charge >= 0.3 is 0 Å². The normalized spacial score (nSPS) is 9.92. The van der Waals surface area contributed by atoms with Crippen LogP contribution < -0.4 is 4.74 Å². The van der Waals surface area contributed by atoms with Gasteiger partial charge in [0.15, 0.2) is 5.06 Å². The van der Waals surface area contributed by atoms with Gasteiger partial charge in [-0.05, 0) is 12.1 Å². The number of rotatable bonds is 2. The molecule has 66 valence electrons. The lowest BCUT2D eigenvalue weighted by atomic mass is 10.4. The number of nitrogens with zero attached hydrogens (tertiary/aromatic N) is 2. The number of hydrogen-bond donors (Lipinski definition) is 0. The minimum absolute atomic E-state index is 0.806. The molecule has 2 aromatic rings. The van der Waals surface area contributed by atoms with Gasteiger partial charge < -0.3 is 4.74 Å². The lowest BCUT2D eigenvalue weighted by Crippen LogP contribution is -1.78. The summed E-state index contributed by atoms with van der Waals surface area (Å²) in [6.45, 7) is 0. The van der Waals surface area contributed by atoms with Crippen LogP contribution in [0.1, 0.15) is 0 Å². The van der Waals surface area contributed by atoms with Crippen LogP contribution in [0.25, 0.3) is 10.7 Å². The van der Waals surface area contributed by atoms with Crippen molar-refractivity contribution in [3.63, 3.8) is 0 Å². The molecule has 4 heteroatoms. The quantitative estimate of drug-likeness (QED) is 0.731. The van der Waals surface area contributed by atoms with Gasteiger partial charge in [0.2, 0.25) is 0 Å². The van der Waals surface area contributed by atoms with Crippen molar-refractivity contribution in [2.75, 3.05) is 7.11 Å². The smallest absolute Gasteiger partial charge is 0.194 e. The van der Waals surface area contributed by atoms with E-state index in [1.54, 1.807) is 19.5 Å². The highest BCUT2D eigenvalue weighted by molar-refractivity contribution is 7.16. The summed E-state index contributed by atoms with van der Waals surface area (Å²) in [4.78, 5) is 8.38. The van der Waals surface area contributed by atoms with Crippen molar-refractivity contribution in [2.24, 2.45) is 0 Å². The van der Waals surface area contributed by atoms with Crippen molar-refractivity contribution in [1.29, 1.82) is 0 Å². The third-order valence-corrected chi connectivity index (χ3v) is 2.55. The molecule has 0 saturated carbocycles. The van der Waals surface area contributed by atoms with Crippen molar-refractivity contribution in [1.82, 2.24) is 9.97 Å². The summed E-state index contributed by atoms with van der Waals surface area (Å²) in [6.07, 6.45) is 3.46.